The van der Waals surface area contributed by atoms with E-state index in [2.05, 4.69) is 52.2 Å². The molecule has 3 aromatic rings. The second-order valence-corrected chi connectivity index (χ2v) is 8.75. The van der Waals surface area contributed by atoms with Crippen molar-refractivity contribution in [3.05, 3.63) is 53.9 Å². The number of piperidine rings is 1. The van der Waals surface area contributed by atoms with Crippen LogP contribution in [-0.2, 0) is 22.5 Å². The number of carbonyl (C=O) groups excluding carboxylic acids is 1. The fourth-order valence-electron chi connectivity index (χ4n) is 4.46. The van der Waals surface area contributed by atoms with E-state index in [0.29, 0.717) is 18.3 Å². The van der Waals surface area contributed by atoms with Gasteiger partial charge in [-0.25, -0.2) is 9.50 Å². The molecule has 1 saturated heterocycles. The van der Waals surface area contributed by atoms with Gasteiger partial charge < -0.3 is 4.74 Å². The van der Waals surface area contributed by atoms with Gasteiger partial charge in [0.15, 0.2) is 11.5 Å². The molecule has 0 spiro atoms. The third kappa shape index (κ3) is 4.70. The minimum atomic E-state index is 0.239. The number of aromatic nitrogens is 3. The van der Waals surface area contributed by atoms with Crippen LogP contribution in [-0.4, -0.2) is 51.1 Å². The summed E-state index contributed by atoms with van der Waals surface area (Å²) in [6, 6.07) is 14.7. The Morgan fingerprint density at radius 1 is 1.06 bits per heavy atom. The van der Waals surface area contributed by atoms with E-state index in [1.54, 1.807) is 0 Å². The summed E-state index contributed by atoms with van der Waals surface area (Å²) < 4.78 is 7.62. The second kappa shape index (κ2) is 8.89. The zero-order valence-electron chi connectivity index (χ0n) is 18.2. The molecular weight excluding hydrogens is 388 g/mol. The molecule has 1 saturated carbocycles. The lowest BCUT2D eigenvalue weighted by molar-refractivity contribution is -0.119. The number of likely N-dealkylation sites (tertiary alicyclic amines) is 1. The van der Waals surface area contributed by atoms with Crippen molar-refractivity contribution in [2.75, 3.05) is 19.7 Å². The topological polar surface area (TPSA) is 59.7 Å². The molecule has 31 heavy (non-hydrogen) atoms. The van der Waals surface area contributed by atoms with Crippen LogP contribution in [0.2, 0.25) is 0 Å². The van der Waals surface area contributed by atoms with E-state index in [4.69, 9.17) is 4.74 Å². The maximum atomic E-state index is 12.2. The average Bonchev–Trinajstić information content (AvgIpc) is 3.56. The highest BCUT2D eigenvalue weighted by molar-refractivity contribution is 5.84. The summed E-state index contributed by atoms with van der Waals surface area (Å²) in [5, 5.41) is 4.64. The number of ketones is 1. The predicted molar refractivity (Wildman–Crippen MR) is 120 cm³/mol. The number of ether oxygens (including phenoxy) is 1. The van der Waals surface area contributed by atoms with E-state index in [9.17, 15) is 4.79 Å². The first-order chi connectivity index (χ1) is 15.2. The van der Waals surface area contributed by atoms with Crippen molar-refractivity contribution in [3.63, 3.8) is 0 Å². The van der Waals surface area contributed by atoms with Crippen LogP contribution >= 0.6 is 0 Å². The second-order valence-electron chi connectivity index (χ2n) is 8.75. The number of carbonyl (C=O) groups is 1. The minimum absolute atomic E-state index is 0.239. The van der Waals surface area contributed by atoms with Gasteiger partial charge in [0.2, 0.25) is 0 Å². The molecule has 0 amide bonds. The highest BCUT2D eigenvalue weighted by Gasteiger charge is 2.30. The number of Topliss-reactive ketones (excluding diaryl/α,β-unsaturated/α-hetero) is 1. The van der Waals surface area contributed by atoms with Crippen molar-refractivity contribution in [2.45, 2.75) is 51.7 Å². The molecule has 162 valence electrons. The Labute approximate surface area is 183 Å². The molecule has 1 aliphatic heterocycles. The molecule has 0 atom stereocenters. The summed E-state index contributed by atoms with van der Waals surface area (Å²) in [7, 11) is 0. The molecule has 1 aromatic carbocycles. The molecule has 1 aliphatic carbocycles. The smallest absolute Gasteiger partial charge is 0.159 e. The molecule has 0 bridgehead atoms. The number of benzene rings is 1. The molecule has 2 aliphatic rings. The molecule has 2 aromatic heterocycles. The minimum Gasteiger partial charge on any atom is -0.378 e. The molecule has 0 N–H and O–H groups in total. The highest BCUT2D eigenvalue weighted by Crippen LogP contribution is 2.31. The number of rotatable bonds is 8. The van der Waals surface area contributed by atoms with Gasteiger partial charge in [0.25, 0.3) is 0 Å². The zero-order valence-corrected chi connectivity index (χ0v) is 18.2. The Morgan fingerprint density at radius 2 is 1.84 bits per heavy atom. The highest BCUT2D eigenvalue weighted by atomic mass is 16.5. The fraction of sp³-hybridized carbons (Fsp3) is 0.480. The van der Waals surface area contributed by atoms with E-state index in [0.717, 1.165) is 68.8 Å². The van der Waals surface area contributed by atoms with Crippen molar-refractivity contribution in [3.8, 4) is 11.3 Å². The quantitative estimate of drug-likeness (QED) is 0.555. The molecule has 6 heteroatoms. The first kappa shape index (κ1) is 20.3. The van der Waals surface area contributed by atoms with Crippen LogP contribution in [0.4, 0.5) is 0 Å². The summed E-state index contributed by atoms with van der Waals surface area (Å²) in [6.07, 6.45) is 5.04. The Morgan fingerprint density at radius 3 is 2.55 bits per heavy atom. The monoisotopic (exact) mass is 418 g/mol. The van der Waals surface area contributed by atoms with Crippen molar-refractivity contribution < 1.29 is 9.53 Å². The number of hydrogen-bond donors (Lipinski definition) is 0. The van der Waals surface area contributed by atoms with E-state index in [1.165, 1.54) is 5.56 Å². The third-order valence-electron chi connectivity index (χ3n) is 6.36. The summed E-state index contributed by atoms with van der Waals surface area (Å²) in [5.41, 5.74) is 4.21. The van der Waals surface area contributed by atoms with Crippen LogP contribution in [0, 0.1) is 5.92 Å². The number of fused-ring (bicyclic) bond motifs is 1. The van der Waals surface area contributed by atoms with Crippen LogP contribution in [0.15, 0.2) is 42.5 Å². The molecule has 3 heterocycles. The Hall–Kier alpha value is -2.57. The lowest BCUT2D eigenvalue weighted by Gasteiger charge is -2.31. The van der Waals surface area contributed by atoms with E-state index >= 15 is 0 Å². The normalized spacial score (nSPS) is 18.0. The van der Waals surface area contributed by atoms with Crippen molar-refractivity contribution in [1.82, 2.24) is 19.5 Å². The van der Waals surface area contributed by atoms with Gasteiger partial charge in [-0.1, -0.05) is 30.3 Å². The Kier molecular flexibility index (Phi) is 5.83. The van der Waals surface area contributed by atoms with Gasteiger partial charge in [-0.2, -0.15) is 5.10 Å². The number of hydrogen-bond acceptors (Lipinski definition) is 5. The summed E-state index contributed by atoms with van der Waals surface area (Å²) in [5.74, 6) is 1.13. The van der Waals surface area contributed by atoms with Gasteiger partial charge in [-0.15, -0.1) is 0 Å². The molecular formula is C25H30N4O2. The predicted octanol–water partition coefficient (Wildman–Crippen LogP) is 3.92. The van der Waals surface area contributed by atoms with Crippen LogP contribution in [0.25, 0.3) is 16.9 Å². The van der Waals surface area contributed by atoms with Gasteiger partial charge in [-0.3, -0.25) is 9.69 Å². The van der Waals surface area contributed by atoms with Crippen LogP contribution in [0.1, 0.15) is 44.0 Å². The lowest BCUT2D eigenvalue weighted by Crippen LogP contribution is -2.36. The molecule has 5 rings (SSSR count). The maximum Gasteiger partial charge on any atom is 0.159 e. The number of nitrogens with zero attached hydrogens (tertiary/aromatic N) is 4. The van der Waals surface area contributed by atoms with E-state index in [1.807, 2.05) is 16.6 Å². The van der Waals surface area contributed by atoms with Gasteiger partial charge >= 0.3 is 0 Å². The molecule has 0 unspecified atom stereocenters. The Balaban J connectivity index is 1.28. The third-order valence-corrected chi connectivity index (χ3v) is 6.36. The summed E-state index contributed by atoms with van der Waals surface area (Å²) >= 11 is 0. The fourth-order valence-corrected chi connectivity index (χ4v) is 4.46. The SMILES string of the molecule is CCOC1CCN(Cc2ccc(-c3cccc4nc(CC(=O)C5CC5)nn34)cc2)CC1. The molecule has 2 fully saturated rings. The maximum absolute atomic E-state index is 12.2. The molecule has 0 radical (unpaired) electrons. The lowest BCUT2D eigenvalue weighted by atomic mass is 10.1. The van der Waals surface area contributed by atoms with Crippen molar-refractivity contribution in [1.29, 1.82) is 0 Å². The van der Waals surface area contributed by atoms with Crippen molar-refractivity contribution >= 4 is 11.4 Å². The molecule has 6 nitrogen and oxygen atoms in total. The van der Waals surface area contributed by atoms with Gasteiger partial charge in [-0.05, 0) is 50.3 Å². The zero-order chi connectivity index (χ0) is 21.2. The Bertz CT molecular complexity index is 1050. The van der Waals surface area contributed by atoms with Crippen LogP contribution < -0.4 is 0 Å². The summed E-state index contributed by atoms with van der Waals surface area (Å²) in [6.45, 7) is 6.03. The van der Waals surface area contributed by atoms with Gasteiger partial charge in [0.05, 0.1) is 18.2 Å². The largest absolute Gasteiger partial charge is 0.378 e. The summed E-state index contributed by atoms with van der Waals surface area (Å²) in [4.78, 5) is 19.2. The first-order valence-corrected chi connectivity index (χ1v) is 11.5. The van der Waals surface area contributed by atoms with Crippen LogP contribution in [0.5, 0.6) is 0 Å². The van der Waals surface area contributed by atoms with Gasteiger partial charge in [0.1, 0.15) is 5.78 Å². The van der Waals surface area contributed by atoms with Crippen molar-refractivity contribution in [2.24, 2.45) is 5.92 Å². The van der Waals surface area contributed by atoms with Gasteiger partial charge in [0, 0.05) is 37.7 Å². The van der Waals surface area contributed by atoms with Crippen LogP contribution in [0.3, 0.4) is 0 Å². The van der Waals surface area contributed by atoms with E-state index < -0.39 is 0 Å². The standard InChI is InChI=1S/C25H30N4O2/c1-2-31-21-12-14-28(15-13-21)17-18-6-8-19(9-7-18)22-4-3-5-25-26-24(27-29(22)25)16-23(30)20-10-11-20/h3-9,20-21H,2,10-17H2,1H3. The average molecular weight is 419 g/mol. The van der Waals surface area contributed by atoms with E-state index in [-0.39, 0.29) is 11.7 Å². The number of pyridine rings is 1. The first-order valence-electron chi connectivity index (χ1n) is 11.5.